The number of hydrogen-bond acceptors (Lipinski definition) is 5. The molecule has 2 atom stereocenters. The molecule has 18 heavy (non-hydrogen) atoms. The van der Waals surface area contributed by atoms with Crippen LogP contribution in [0.15, 0.2) is 12.3 Å². The number of hydrogen-bond donors (Lipinski definition) is 1. The molecule has 1 aliphatic rings. The lowest BCUT2D eigenvalue weighted by Crippen LogP contribution is -2.34. The number of nitrogens with one attached hydrogen (secondary N) is 1. The van der Waals surface area contributed by atoms with E-state index in [1.807, 2.05) is 12.3 Å². The molecule has 100 valence electrons. The van der Waals surface area contributed by atoms with Crippen molar-refractivity contribution in [1.82, 2.24) is 14.9 Å². The Morgan fingerprint density at radius 3 is 2.83 bits per heavy atom. The Kier molecular flexibility index (Phi) is 4.01. The molecule has 0 bridgehead atoms. The highest BCUT2D eigenvalue weighted by atomic mass is 15.3. The number of aromatic nitrogens is 2. The molecule has 1 N–H and O–H groups in total. The van der Waals surface area contributed by atoms with Crippen LogP contribution < -0.4 is 10.2 Å². The van der Waals surface area contributed by atoms with Gasteiger partial charge >= 0.3 is 0 Å². The van der Waals surface area contributed by atoms with Crippen molar-refractivity contribution in [2.75, 3.05) is 43.9 Å². The molecule has 0 saturated carbocycles. The van der Waals surface area contributed by atoms with Gasteiger partial charge in [-0.2, -0.15) is 4.98 Å². The monoisotopic (exact) mass is 249 g/mol. The summed E-state index contributed by atoms with van der Waals surface area (Å²) in [5.41, 5.74) is 0. The highest BCUT2D eigenvalue weighted by Crippen LogP contribution is 2.24. The number of nitrogens with zero attached hydrogens (tertiary/aromatic N) is 4. The molecule has 1 aromatic rings. The molecule has 2 heterocycles. The van der Waals surface area contributed by atoms with E-state index in [0.717, 1.165) is 31.4 Å². The molecule has 1 saturated heterocycles. The summed E-state index contributed by atoms with van der Waals surface area (Å²) in [5, 5.41) is 3.16. The van der Waals surface area contributed by atoms with Gasteiger partial charge in [-0.25, -0.2) is 4.98 Å². The molecular weight excluding hydrogens is 226 g/mol. The van der Waals surface area contributed by atoms with E-state index in [1.54, 1.807) is 0 Å². The molecule has 5 heteroatoms. The lowest BCUT2D eigenvalue weighted by atomic mass is 10.1. The van der Waals surface area contributed by atoms with Crippen molar-refractivity contribution in [2.24, 2.45) is 5.92 Å². The van der Waals surface area contributed by atoms with Gasteiger partial charge in [-0.1, -0.05) is 6.92 Å². The summed E-state index contributed by atoms with van der Waals surface area (Å²) in [6, 6.07) is 2.59. The van der Waals surface area contributed by atoms with E-state index >= 15 is 0 Å². The smallest absolute Gasteiger partial charge is 0.224 e. The van der Waals surface area contributed by atoms with Crippen LogP contribution in [0.2, 0.25) is 0 Å². The zero-order valence-electron chi connectivity index (χ0n) is 11.7. The van der Waals surface area contributed by atoms with Crippen LogP contribution in [-0.2, 0) is 0 Å². The summed E-state index contributed by atoms with van der Waals surface area (Å²) in [6.07, 6.45) is 1.83. The summed E-state index contributed by atoms with van der Waals surface area (Å²) >= 11 is 0. The lowest BCUT2D eigenvalue weighted by Gasteiger charge is -2.22. The first-order chi connectivity index (χ1) is 8.61. The fraction of sp³-hybridized carbons (Fsp3) is 0.692. The highest BCUT2D eigenvalue weighted by Gasteiger charge is 2.31. The second-order valence-corrected chi connectivity index (χ2v) is 5.18. The predicted octanol–water partition coefficient (Wildman–Crippen LogP) is 1.29. The minimum absolute atomic E-state index is 0.600. The Bertz CT molecular complexity index is 393. The van der Waals surface area contributed by atoms with Crippen molar-refractivity contribution in [3.8, 4) is 0 Å². The van der Waals surface area contributed by atoms with E-state index in [-0.39, 0.29) is 0 Å². The van der Waals surface area contributed by atoms with Gasteiger partial charge in [0.2, 0.25) is 5.95 Å². The molecule has 0 spiro atoms. The molecule has 0 radical (unpaired) electrons. The lowest BCUT2D eigenvalue weighted by molar-refractivity contribution is 0.266. The fourth-order valence-corrected chi connectivity index (χ4v) is 2.58. The van der Waals surface area contributed by atoms with Crippen LogP contribution in [0, 0.1) is 5.92 Å². The van der Waals surface area contributed by atoms with Gasteiger partial charge in [0.15, 0.2) is 0 Å². The van der Waals surface area contributed by atoms with Crippen molar-refractivity contribution in [3.05, 3.63) is 12.3 Å². The zero-order valence-corrected chi connectivity index (χ0v) is 11.7. The van der Waals surface area contributed by atoms with E-state index in [4.69, 9.17) is 0 Å². The molecule has 1 fully saturated rings. The Morgan fingerprint density at radius 2 is 2.22 bits per heavy atom. The third-order valence-corrected chi connectivity index (χ3v) is 3.54. The number of anilines is 2. The van der Waals surface area contributed by atoms with Gasteiger partial charge in [-0.3, -0.25) is 0 Å². The first-order valence-electron chi connectivity index (χ1n) is 6.60. The average molecular weight is 249 g/mol. The van der Waals surface area contributed by atoms with Crippen molar-refractivity contribution in [2.45, 2.75) is 19.9 Å². The molecule has 0 amide bonds. The SMILES string of the molecule is CCNc1nccc(N2CC(C)C(N(C)C)C2)n1. The molecular formula is C13H23N5. The van der Waals surface area contributed by atoms with Gasteiger partial charge in [0.1, 0.15) is 5.82 Å². The summed E-state index contributed by atoms with van der Waals surface area (Å²) in [4.78, 5) is 13.4. The van der Waals surface area contributed by atoms with Crippen molar-refractivity contribution in [1.29, 1.82) is 0 Å². The first kappa shape index (κ1) is 13.1. The van der Waals surface area contributed by atoms with Crippen LogP contribution in [0.4, 0.5) is 11.8 Å². The Hall–Kier alpha value is -1.36. The standard InChI is InChI=1S/C13H23N5/c1-5-14-13-15-7-6-12(16-13)18-8-10(2)11(9-18)17(3)4/h6-7,10-11H,5,8-9H2,1-4H3,(H,14,15,16). The fourth-order valence-electron chi connectivity index (χ4n) is 2.58. The zero-order chi connectivity index (χ0) is 13.1. The van der Waals surface area contributed by atoms with Crippen molar-refractivity contribution >= 4 is 11.8 Å². The second kappa shape index (κ2) is 5.52. The summed E-state index contributed by atoms with van der Waals surface area (Å²) in [7, 11) is 4.30. The quantitative estimate of drug-likeness (QED) is 0.871. The molecule has 0 aliphatic carbocycles. The number of likely N-dealkylation sites (N-methyl/N-ethyl adjacent to an activating group) is 1. The molecule has 0 aromatic carbocycles. The Balaban J connectivity index is 2.11. The van der Waals surface area contributed by atoms with E-state index in [9.17, 15) is 0 Å². The Morgan fingerprint density at radius 1 is 1.44 bits per heavy atom. The second-order valence-electron chi connectivity index (χ2n) is 5.18. The van der Waals surface area contributed by atoms with Crippen LogP contribution >= 0.6 is 0 Å². The molecule has 1 aliphatic heterocycles. The summed E-state index contributed by atoms with van der Waals surface area (Å²) in [5.74, 6) is 2.41. The van der Waals surface area contributed by atoms with Crippen LogP contribution in [0.3, 0.4) is 0 Å². The van der Waals surface area contributed by atoms with E-state index in [0.29, 0.717) is 12.0 Å². The minimum atomic E-state index is 0.600. The highest BCUT2D eigenvalue weighted by molar-refractivity contribution is 5.44. The summed E-state index contributed by atoms with van der Waals surface area (Å²) < 4.78 is 0. The maximum Gasteiger partial charge on any atom is 0.224 e. The van der Waals surface area contributed by atoms with Crippen LogP contribution in [0.25, 0.3) is 0 Å². The van der Waals surface area contributed by atoms with Gasteiger partial charge < -0.3 is 15.1 Å². The van der Waals surface area contributed by atoms with E-state index in [2.05, 4.69) is 53.0 Å². The van der Waals surface area contributed by atoms with Gasteiger partial charge in [0.25, 0.3) is 0 Å². The Labute approximate surface area is 109 Å². The van der Waals surface area contributed by atoms with Crippen molar-refractivity contribution < 1.29 is 0 Å². The average Bonchev–Trinajstić information content (AvgIpc) is 2.72. The van der Waals surface area contributed by atoms with Gasteiger partial charge in [0.05, 0.1) is 0 Å². The normalized spacial score (nSPS) is 23.7. The van der Waals surface area contributed by atoms with Crippen LogP contribution in [-0.4, -0.2) is 54.6 Å². The number of rotatable bonds is 4. The third kappa shape index (κ3) is 2.72. The topological polar surface area (TPSA) is 44.3 Å². The molecule has 2 unspecified atom stereocenters. The minimum Gasteiger partial charge on any atom is -0.355 e. The van der Waals surface area contributed by atoms with Gasteiger partial charge in [-0.15, -0.1) is 0 Å². The van der Waals surface area contributed by atoms with Gasteiger partial charge in [-0.05, 0) is 33.0 Å². The van der Waals surface area contributed by atoms with E-state index < -0.39 is 0 Å². The molecule has 5 nitrogen and oxygen atoms in total. The summed E-state index contributed by atoms with van der Waals surface area (Å²) in [6.45, 7) is 7.30. The van der Waals surface area contributed by atoms with Crippen molar-refractivity contribution in [3.63, 3.8) is 0 Å². The molecule has 1 aromatic heterocycles. The first-order valence-corrected chi connectivity index (χ1v) is 6.60. The largest absolute Gasteiger partial charge is 0.355 e. The van der Waals surface area contributed by atoms with Crippen LogP contribution in [0.1, 0.15) is 13.8 Å². The van der Waals surface area contributed by atoms with E-state index in [1.165, 1.54) is 0 Å². The van der Waals surface area contributed by atoms with Gasteiger partial charge in [0, 0.05) is 31.9 Å². The maximum atomic E-state index is 4.56. The molecule has 2 rings (SSSR count). The maximum absolute atomic E-state index is 4.56. The third-order valence-electron chi connectivity index (χ3n) is 3.54. The predicted molar refractivity (Wildman–Crippen MR) is 75.0 cm³/mol. The van der Waals surface area contributed by atoms with Crippen LogP contribution in [0.5, 0.6) is 0 Å².